The maximum atomic E-state index is 2.49. The van der Waals surface area contributed by atoms with Crippen molar-refractivity contribution in [2.45, 2.75) is 10.8 Å². The summed E-state index contributed by atoms with van der Waals surface area (Å²) in [4.78, 5) is 4.89. The molecular weight excluding hydrogens is 1260 g/mol. The fourth-order valence-electron chi connectivity index (χ4n) is 18.9. The SMILES string of the molecule is C(=C\c1ccc(N(c2ccc(-n3c4ccccc4c4ccccc43)cc2)c2ccc3c(c2)C2(c4ccccc4-c4ccccc42)c2ccccc2-3)cc1)/c1ccc(N(c2ccc(-n3c4ccccc4c4ccccc43)cc2)c2ccc3c(c2)C2(c4ccccc4-c4ccccc42)c2ccccc2-3)cc1. The van der Waals surface area contributed by atoms with Gasteiger partial charge in [-0.05, 0) is 221 Å². The molecule has 0 radical (unpaired) electrons. The molecule has 0 fully saturated rings. The van der Waals surface area contributed by atoms with Crippen molar-refractivity contribution in [1.82, 2.24) is 9.13 Å². The first-order valence-electron chi connectivity index (χ1n) is 36.1. The van der Waals surface area contributed by atoms with Gasteiger partial charge >= 0.3 is 0 Å². The summed E-state index contributed by atoms with van der Waals surface area (Å²) in [7, 11) is 0. The number of para-hydroxylation sites is 4. The normalized spacial score (nSPS) is 13.5. The van der Waals surface area contributed by atoms with E-state index >= 15 is 0 Å². The van der Waals surface area contributed by atoms with Gasteiger partial charge in [-0.3, -0.25) is 0 Å². The first-order valence-corrected chi connectivity index (χ1v) is 36.1. The Morgan fingerprint density at radius 2 is 0.413 bits per heavy atom. The Kier molecular flexibility index (Phi) is 12.6. The van der Waals surface area contributed by atoms with Crippen molar-refractivity contribution in [2.75, 3.05) is 9.80 Å². The smallest absolute Gasteiger partial charge is 0.0726 e. The molecule has 2 heterocycles. The van der Waals surface area contributed by atoms with Gasteiger partial charge in [-0.25, -0.2) is 0 Å². The zero-order chi connectivity index (χ0) is 68.2. The summed E-state index contributed by atoms with van der Waals surface area (Å²) < 4.78 is 4.80. The van der Waals surface area contributed by atoms with Crippen LogP contribution in [0.15, 0.2) is 376 Å². The molecule has 4 aliphatic rings. The van der Waals surface area contributed by atoms with Gasteiger partial charge < -0.3 is 18.9 Å². The lowest BCUT2D eigenvalue weighted by atomic mass is 9.70. The lowest BCUT2D eigenvalue weighted by molar-refractivity contribution is 0.793. The topological polar surface area (TPSA) is 16.3 Å². The predicted molar refractivity (Wildman–Crippen MR) is 432 cm³/mol. The Morgan fingerprint density at radius 3 is 0.692 bits per heavy atom. The highest BCUT2D eigenvalue weighted by atomic mass is 15.2. The first-order chi connectivity index (χ1) is 51.6. The van der Waals surface area contributed by atoms with Gasteiger partial charge in [0.1, 0.15) is 0 Å². The van der Waals surface area contributed by atoms with Gasteiger partial charge in [0.05, 0.1) is 32.9 Å². The number of rotatable bonds is 10. The molecule has 104 heavy (non-hydrogen) atoms. The lowest BCUT2D eigenvalue weighted by Crippen LogP contribution is -2.26. The van der Waals surface area contributed by atoms with Crippen molar-refractivity contribution in [3.05, 3.63) is 432 Å². The molecule has 2 aromatic heterocycles. The summed E-state index contributed by atoms with van der Waals surface area (Å²) in [5.41, 5.74) is 35.6. The van der Waals surface area contributed by atoms with Gasteiger partial charge in [0.25, 0.3) is 0 Å². The second-order valence-corrected chi connectivity index (χ2v) is 28.2. The van der Waals surface area contributed by atoms with E-state index in [-0.39, 0.29) is 0 Å². The van der Waals surface area contributed by atoms with Gasteiger partial charge in [-0.1, -0.05) is 267 Å². The summed E-state index contributed by atoms with van der Waals surface area (Å²) in [5.74, 6) is 0. The van der Waals surface area contributed by atoms with Crippen LogP contribution >= 0.6 is 0 Å². The van der Waals surface area contributed by atoms with Crippen LogP contribution in [-0.4, -0.2) is 9.13 Å². The van der Waals surface area contributed by atoms with Gasteiger partial charge in [0.15, 0.2) is 0 Å². The first kappa shape index (κ1) is 58.3. The lowest BCUT2D eigenvalue weighted by Gasteiger charge is -2.32. The molecule has 0 aliphatic heterocycles. The van der Waals surface area contributed by atoms with E-state index in [1.165, 1.54) is 133 Å². The largest absolute Gasteiger partial charge is 0.310 e. The zero-order valence-electron chi connectivity index (χ0n) is 56.7. The van der Waals surface area contributed by atoms with E-state index in [1.54, 1.807) is 0 Å². The quantitative estimate of drug-likeness (QED) is 0.127. The summed E-state index contributed by atoms with van der Waals surface area (Å²) in [6.45, 7) is 0. The summed E-state index contributed by atoms with van der Waals surface area (Å²) in [6, 6.07) is 140. The molecule has 0 amide bonds. The Bertz CT molecular complexity index is 5970. The third-order valence-corrected chi connectivity index (χ3v) is 23.1. The Balaban J connectivity index is 0.642. The molecule has 2 spiro atoms. The van der Waals surface area contributed by atoms with Gasteiger partial charge in [0.2, 0.25) is 0 Å². The van der Waals surface area contributed by atoms with Crippen molar-refractivity contribution < 1.29 is 0 Å². The molecule has 4 aliphatic carbocycles. The Hall–Kier alpha value is -13.5. The van der Waals surface area contributed by atoms with Crippen molar-refractivity contribution in [3.8, 4) is 55.9 Å². The number of fused-ring (bicyclic) bond motifs is 26. The maximum Gasteiger partial charge on any atom is 0.0726 e. The number of benzene rings is 16. The predicted octanol–water partition coefficient (Wildman–Crippen LogP) is 25.7. The molecule has 4 nitrogen and oxygen atoms in total. The Labute approximate surface area is 603 Å². The van der Waals surface area contributed by atoms with E-state index in [4.69, 9.17) is 0 Å². The van der Waals surface area contributed by atoms with Crippen LogP contribution in [0.1, 0.15) is 55.6 Å². The van der Waals surface area contributed by atoms with Crippen LogP contribution in [0.5, 0.6) is 0 Å². The fourth-order valence-corrected chi connectivity index (χ4v) is 18.9. The summed E-state index contributed by atoms with van der Waals surface area (Å²) >= 11 is 0. The van der Waals surface area contributed by atoms with Crippen LogP contribution in [0.2, 0.25) is 0 Å². The van der Waals surface area contributed by atoms with E-state index in [0.717, 1.165) is 56.6 Å². The second kappa shape index (κ2) is 22.5. The Morgan fingerprint density at radius 1 is 0.192 bits per heavy atom. The number of nitrogens with zero attached hydrogens (tertiary/aromatic N) is 4. The monoisotopic (exact) mass is 1320 g/mol. The number of aromatic nitrogens is 2. The van der Waals surface area contributed by atoms with Crippen LogP contribution in [-0.2, 0) is 10.8 Å². The molecule has 18 aromatic rings. The molecular formula is C100H64N4. The second-order valence-electron chi connectivity index (χ2n) is 28.2. The average molecular weight is 1320 g/mol. The van der Waals surface area contributed by atoms with Crippen molar-refractivity contribution in [3.63, 3.8) is 0 Å². The minimum absolute atomic E-state index is 0.485. The summed E-state index contributed by atoms with van der Waals surface area (Å²) in [6.07, 6.45) is 4.49. The number of anilines is 6. The van der Waals surface area contributed by atoms with Crippen LogP contribution in [0.25, 0.3) is 112 Å². The van der Waals surface area contributed by atoms with Gasteiger partial charge in [-0.15, -0.1) is 0 Å². The molecule has 22 rings (SSSR count). The van der Waals surface area contributed by atoms with Gasteiger partial charge in [0, 0.05) is 67.0 Å². The number of hydrogen-bond acceptors (Lipinski definition) is 2. The highest BCUT2D eigenvalue weighted by Crippen LogP contribution is 2.65. The highest BCUT2D eigenvalue weighted by Gasteiger charge is 2.53. The minimum Gasteiger partial charge on any atom is -0.310 e. The zero-order valence-corrected chi connectivity index (χ0v) is 56.7. The molecule has 0 atom stereocenters. The minimum atomic E-state index is -0.485. The van der Waals surface area contributed by atoms with E-state index < -0.39 is 10.8 Å². The van der Waals surface area contributed by atoms with E-state index in [0.29, 0.717) is 0 Å². The standard InChI is InChI=1S/C100H64N4/c1-11-31-87-75(21-1)76-22-2-12-32-88(76)99(87)91-35-15-5-25-79(91)81-61-59-73(63-93(81)99)101(69-51-55-71(56-52-69)103-95-37-17-7-27-83(95)84-28-8-18-38-96(84)103)67-47-43-65(44-48-67)41-42-66-45-49-68(50-46-66)102(70-53-57-72(58-54-70)104-97-39-19-9-29-85(97)86-30-10-20-40-98(86)104)74-60-62-82-80-26-6-16-36-92(80)100(94(82)64-74)89-33-13-3-23-77(89)78-24-4-14-34-90(78)100/h1-64H/b42-41+. The van der Waals surface area contributed by atoms with Gasteiger partial charge in [-0.2, -0.15) is 0 Å². The van der Waals surface area contributed by atoms with Crippen LogP contribution < -0.4 is 9.80 Å². The highest BCUT2D eigenvalue weighted by molar-refractivity contribution is 6.11. The number of hydrogen-bond donors (Lipinski definition) is 0. The molecule has 484 valence electrons. The van der Waals surface area contributed by atoms with Crippen LogP contribution in [0.4, 0.5) is 34.1 Å². The van der Waals surface area contributed by atoms with Crippen molar-refractivity contribution in [1.29, 1.82) is 0 Å². The maximum absolute atomic E-state index is 2.49. The molecule has 4 heteroatoms. The molecule has 0 saturated carbocycles. The van der Waals surface area contributed by atoms with Crippen LogP contribution in [0, 0.1) is 0 Å². The van der Waals surface area contributed by atoms with Crippen molar-refractivity contribution >= 4 is 89.9 Å². The third kappa shape index (κ3) is 8.19. The molecule has 0 bridgehead atoms. The molecule has 0 N–H and O–H groups in total. The molecule has 0 saturated heterocycles. The van der Waals surface area contributed by atoms with E-state index in [2.05, 4.69) is 407 Å². The third-order valence-electron chi connectivity index (χ3n) is 23.1. The van der Waals surface area contributed by atoms with E-state index in [9.17, 15) is 0 Å². The molecule has 16 aromatic carbocycles. The average Bonchev–Trinajstić information content (AvgIpc) is 1.51. The fraction of sp³-hybridized carbons (Fsp3) is 0.0200. The van der Waals surface area contributed by atoms with Crippen molar-refractivity contribution in [2.24, 2.45) is 0 Å². The molecule has 0 unspecified atom stereocenters. The van der Waals surface area contributed by atoms with E-state index in [1.807, 2.05) is 0 Å². The van der Waals surface area contributed by atoms with Crippen LogP contribution in [0.3, 0.4) is 0 Å². The summed E-state index contributed by atoms with van der Waals surface area (Å²) in [5, 5.41) is 4.99.